The molecule has 0 bridgehead atoms. The van der Waals surface area contributed by atoms with E-state index in [-0.39, 0.29) is 6.61 Å². The highest BCUT2D eigenvalue weighted by Gasteiger charge is 2.30. The number of benzene rings is 3. The van der Waals surface area contributed by atoms with E-state index in [1.54, 1.807) is 37.3 Å². The Balaban J connectivity index is 1.87. The van der Waals surface area contributed by atoms with Crippen LogP contribution in [0.4, 0.5) is 13.2 Å². The second-order valence-electron chi connectivity index (χ2n) is 8.55. The van der Waals surface area contributed by atoms with Crippen molar-refractivity contribution in [2.75, 3.05) is 27.3 Å². The summed E-state index contributed by atoms with van der Waals surface area (Å²) in [5, 5.41) is 8.77. The monoisotopic (exact) mass is 499 g/mol. The number of hydrogen-bond acceptors (Lipinski definition) is 4. The molecule has 0 spiro atoms. The van der Waals surface area contributed by atoms with Gasteiger partial charge in [-0.3, -0.25) is 0 Å². The Hall–Kier alpha value is -3.78. The molecule has 0 unspecified atom stereocenters. The minimum absolute atomic E-state index is 0.111. The molecular weight excluding hydrogens is 471 g/mol. The van der Waals surface area contributed by atoms with Gasteiger partial charge in [0.15, 0.2) is 6.61 Å². The van der Waals surface area contributed by atoms with E-state index < -0.39 is 24.3 Å². The second kappa shape index (κ2) is 11.8. The summed E-state index contributed by atoms with van der Waals surface area (Å²) in [7, 11) is 3.93. The van der Waals surface area contributed by atoms with Gasteiger partial charge in [0.25, 0.3) is 0 Å². The first-order valence-corrected chi connectivity index (χ1v) is 11.2. The van der Waals surface area contributed by atoms with Crippen molar-refractivity contribution in [3.63, 3.8) is 0 Å². The summed E-state index contributed by atoms with van der Waals surface area (Å²) >= 11 is 0. The number of nitrogens with zero attached hydrogens (tertiary/aromatic N) is 1. The van der Waals surface area contributed by atoms with E-state index in [2.05, 4.69) is 0 Å². The SMILES string of the molecule is Cc1cc(OC/C=C(\c2ccc(CN(C)C)cc2)c2cccc(C(F)(F)F)c2)ccc1OCC(=O)O. The van der Waals surface area contributed by atoms with Crippen LogP contribution in [0, 0.1) is 6.92 Å². The number of aryl methyl sites for hydroxylation is 1. The largest absolute Gasteiger partial charge is 0.489 e. The zero-order valence-electron chi connectivity index (χ0n) is 20.3. The van der Waals surface area contributed by atoms with Crippen LogP contribution in [0.5, 0.6) is 11.5 Å². The van der Waals surface area contributed by atoms with Crippen LogP contribution >= 0.6 is 0 Å². The van der Waals surface area contributed by atoms with Crippen molar-refractivity contribution in [1.29, 1.82) is 0 Å². The van der Waals surface area contributed by atoms with Crippen LogP contribution in [0.2, 0.25) is 0 Å². The molecule has 36 heavy (non-hydrogen) atoms. The fourth-order valence-corrected chi connectivity index (χ4v) is 3.65. The molecule has 0 aliphatic heterocycles. The molecule has 1 N–H and O–H groups in total. The third kappa shape index (κ3) is 7.61. The lowest BCUT2D eigenvalue weighted by atomic mass is 9.95. The number of carboxylic acids is 1. The number of carbonyl (C=O) groups is 1. The molecule has 0 heterocycles. The average Bonchev–Trinajstić information content (AvgIpc) is 2.81. The van der Waals surface area contributed by atoms with Crippen LogP contribution < -0.4 is 9.47 Å². The maximum Gasteiger partial charge on any atom is 0.416 e. The molecule has 8 heteroatoms. The number of aliphatic carboxylic acids is 1. The molecule has 0 atom stereocenters. The molecule has 0 aliphatic carbocycles. The Morgan fingerprint density at radius 1 is 0.972 bits per heavy atom. The molecule has 3 aromatic carbocycles. The van der Waals surface area contributed by atoms with Gasteiger partial charge in [-0.2, -0.15) is 13.2 Å². The van der Waals surface area contributed by atoms with E-state index in [0.29, 0.717) is 28.2 Å². The van der Waals surface area contributed by atoms with E-state index in [1.807, 2.05) is 43.3 Å². The predicted octanol–water partition coefficient (Wildman–Crippen LogP) is 6.05. The van der Waals surface area contributed by atoms with Gasteiger partial charge in [0, 0.05) is 6.54 Å². The summed E-state index contributed by atoms with van der Waals surface area (Å²) in [6.45, 7) is 2.18. The lowest BCUT2D eigenvalue weighted by Gasteiger charge is -2.15. The molecule has 0 amide bonds. The Morgan fingerprint density at radius 2 is 1.69 bits per heavy atom. The predicted molar refractivity (Wildman–Crippen MR) is 132 cm³/mol. The standard InChI is InChI=1S/C28H28F3NO4/c1-19-15-24(11-12-26(19)36-18-27(33)34)35-14-13-25(21-9-7-20(8-10-21)17-32(2)3)22-5-4-6-23(16-22)28(29,30)31/h4-13,15-16H,14,17-18H2,1-3H3,(H,33,34)/b25-13+. The van der Waals surface area contributed by atoms with E-state index in [0.717, 1.165) is 29.8 Å². The minimum atomic E-state index is -4.45. The van der Waals surface area contributed by atoms with Gasteiger partial charge in [-0.25, -0.2) is 4.79 Å². The van der Waals surface area contributed by atoms with E-state index in [4.69, 9.17) is 14.6 Å². The van der Waals surface area contributed by atoms with Crippen molar-refractivity contribution in [3.05, 3.63) is 101 Å². The molecule has 0 saturated heterocycles. The number of carboxylic acid groups (broad SMARTS) is 1. The van der Waals surface area contributed by atoms with Gasteiger partial charge in [0.1, 0.15) is 18.1 Å². The van der Waals surface area contributed by atoms with Crippen LogP contribution in [0.3, 0.4) is 0 Å². The first-order valence-electron chi connectivity index (χ1n) is 11.2. The van der Waals surface area contributed by atoms with Gasteiger partial charge in [0.05, 0.1) is 5.56 Å². The zero-order chi connectivity index (χ0) is 26.3. The highest BCUT2D eigenvalue weighted by atomic mass is 19.4. The van der Waals surface area contributed by atoms with Crippen molar-refractivity contribution in [3.8, 4) is 11.5 Å². The third-order valence-electron chi connectivity index (χ3n) is 5.30. The average molecular weight is 500 g/mol. The van der Waals surface area contributed by atoms with Gasteiger partial charge >= 0.3 is 12.1 Å². The Kier molecular flexibility index (Phi) is 8.77. The van der Waals surface area contributed by atoms with Crippen LogP contribution in [0.25, 0.3) is 5.57 Å². The van der Waals surface area contributed by atoms with E-state index in [9.17, 15) is 18.0 Å². The number of hydrogen-bond donors (Lipinski definition) is 1. The third-order valence-corrected chi connectivity index (χ3v) is 5.30. The summed E-state index contributed by atoms with van der Waals surface area (Å²) < 4.78 is 51.1. The van der Waals surface area contributed by atoms with Crippen LogP contribution in [0.1, 0.15) is 27.8 Å². The molecule has 3 rings (SSSR count). The summed E-state index contributed by atoms with van der Waals surface area (Å²) in [4.78, 5) is 12.7. The molecule has 0 radical (unpaired) electrons. The number of ether oxygens (including phenoxy) is 2. The van der Waals surface area contributed by atoms with Gasteiger partial charge in [-0.05, 0) is 85.3 Å². The van der Waals surface area contributed by atoms with Crippen molar-refractivity contribution in [2.24, 2.45) is 0 Å². The Morgan fingerprint density at radius 3 is 2.31 bits per heavy atom. The molecule has 0 aliphatic rings. The molecule has 0 aromatic heterocycles. The summed E-state index contributed by atoms with van der Waals surface area (Å²) in [5.41, 5.74) is 2.90. The Bertz CT molecular complexity index is 1220. The zero-order valence-corrected chi connectivity index (χ0v) is 20.3. The van der Waals surface area contributed by atoms with Crippen molar-refractivity contribution in [1.82, 2.24) is 4.90 Å². The molecule has 5 nitrogen and oxygen atoms in total. The van der Waals surface area contributed by atoms with E-state index in [1.165, 1.54) is 6.07 Å². The Labute approximate surface area is 208 Å². The topological polar surface area (TPSA) is 59.0 Å². The molecule has 0 saturated carbocycles. The fourth-order valence-electron chi connectivity index (χ4n) is 3.65. The molecule has 0 fully saturated rings. The summed E-state index contributed by atoms with van der Waals surface area (Å²) in [6.07, 6.45) is -2.70. The van der Waals surface area contributed by atoms with Crippen molar-refractivity contribution < 1.29 is 32.5 Å². The number of rotatable bonds is 10. The minimum Gasteiger partial charge on any atom is -0.489 e. The summed E-state index contributed by atoms with van der Waals surface area (Å²) in [5.74, 6) is -0.115. The lowest BCUT2D eigenvalue weighted by molar-refractivity contribution is -0.139. The quantitative estimate of drug-likeness (QED) is 0.368. The van der Waals surface area contributed by atoms with Crippen LogP contribution in [0.15, 0.2) is 72.8 Å². The maximum absolute atomic E-state index is 13.4. The van der Waals surface area contributed by atoms with Crippen molar-refractivity contribution >= 4 is 11.5 Å². The van der Waals surface area contributed by atoms with Gasteiger partial charge < -0.3 is 19.5 Å². The van der Waals surface area contributed by atoms with Crippen LogP contribution in [-0.4, -0.2) is 43.3 Å². The normalized spacial score (nSPS) is 12.0. The lowest BCUT2D eigenvalue weighted by Crippen LogP contribution is -2.10. The highest BCUT2D eigenvalue weighted by Crippen LogP contribution is 2.33. The molecule has 190 valence electrons. The number of alkyl halides is 3. The first-order chi connectivity index (χ1) is 17.0. The molecular formula is C28H28F3NO4. The van der Waals surface area contributed by atoms with Crippen molar-refractivity contribution in [2.45, 2.75) is 19.6 Å². The fraction of sp³-hybridized carbons (Fsp3) is 0.250. The van der Waals surface area contributed by atoms with Gasteiger partial charge in [-0.15, -0.1) is 0 Å². The smallest absolute Gasteiger partial charge is 0.416 e. The molecule has 3 aromatic rings. The first kappa shape index (κ1) is 26.8. The van der Waals surface area contributed by atoms with Gasteiger partial charge in [-0.1, -0.05) is 36.4 Å². The van der Waals surface area contributed by atoms with Crippen LogP contribution in [-0.2, 0) is 17.5 Å². The van der Waals surface area contributed by atoms with Gasteiger partial charge in [0.2, 0.25) is 0 Å². The van der Waals surface area contributed by atoms with E-state index >= 15 is 0 Å². The highest BCUT2D eigenvalue weighted by molar-refractivity contribution is 5.80. The number of halogens is 3. The maximum atomic E-state index is 13.4. The summed E-state index contributed by atoms with van der Waals surface area (Å²) in [6, 6.07) is 17.9. The second-order valence-corrected chi connectivity index (χ2v) is 8.55.